The van der Waals surface area contributed by atoms with Gasteiger partial charge in [-0.1, -0.05) is 12.1 Å². The second-order valence-corrected chi connectivity index (χ2v) is 5.47. The lowest BCUT2D eigenvalue weighted by Crippen LogP contribution is -2.17. The van der Waals surface area contributed by atoms with Crippen molar-refractivity contribution in [2.24, 2.45) is 17.8 Å². The Morgan fingerprint density at radius 3 is 2.76 bits per heavy atom. The van der Waals surface area contributed by atoms with Crippen molar-refractivity contribution in [2.75, 3.05) is 20.2 Å². The van der Waals surface area contributed by atoms with E-state index in [2.05, 4.69) is 29.6 Å². The number of rotatable bonds is 3. The molecule has 17 heavy (non-hydrogen) atoms. The summed E-state index contributed by atoms with van der Waals surface area (Å²) >= 11 is 0. The van der Waals surface area contributed by atoms with Crippen LogP contribution in [0.4, 0.5) is 0 Å². The van der Waals surface area contributed by atoms with Crippen LogP contribution in [0, 0.1) is 17.8 Å². The minimum Gasteiger partial charge on any atom is -0.497 e. The number of ether oxygens (including phenoxy) is 1. The third-order valence-corrected chi connectivity index (χ3v) is 4.56. The zero-order chi connectivity index (χ0) is 11.7. The fourth-order valence-electron chi connectivity index (χ4n) is 3.58. The molecule has 1 heterocycles. The molecule has 0 amide bonds. The molecule has 0 radical (unpaired) electrons. The Bertz CT molecular complexity index is 373. The Labute approximate surface area is 103 Å². The molecular weight excluding hydrogens is 210 g/mol. The first kappa shape index (κ1) is 11.1. The highest BCUT2D eigenvalue weighted by molar-refractivity contribution is 5.27. The van der Waals surface area contributed by atoms with E-state index >= 15 is 0 Å². The average Bonchev–Trinajstić information content (AvgIpc) is 2.95. The molecule has 3 atom stereocenters. The van der Waals surface area contributed by atoms with Gasteiger partial charge >= 0.3 is 0 Å². The van der Waals surface area contributed by atoms with Crippen LogP contribution in [0.5, 0.6) is 5.75 Å². The van der Waals surface area contributed by atoms with Crippen molar-refractivity contribution in [3.8, 4) is 5.75 Å². The number of hydrogen-bond donors (Lipinski definition) is 1. The molecule has 1 aromatic rings. The highest BCUT2D eigenvalue weighted by Gasteiger charge is 2.38. The standard InChI is InChI=1S/C15H21NO/c1-17-14-6-2-11(3-7-14)8-12-4-5-13-9-16-10-15(12)13/h2-3,6-7,12-13,15-16H,4-5,8-10H2,1H3/t12-,13-,15-/m1/s1. The van der Waals surface area contributed by atoms with E-state index < -0.39 is 0 Å². The first-order chi connectivity index (χ1) is 8.36. The van der Waals surface area contributed by atoms with Gasteiger partial charge in [0.05, 0.1) is 7.11 Å². The lowest BCUT2D eigenvalue weighted by Gasteiger charge is -2.17. The Kier molecular flexibility index (Phi) is 3.06. The maximum absolute atomic E-state index is 5.20. The van der Waals surface area contributed by atoms with Crippen LogP contribution in [0.1, 0.15) is 18.4 Å². The molecule has 1 saturated heterocycles. The van der Waals surface area contributed by atoms with Crippen LogP contribution in [-0.4, -0.2) is 20.2 Å². The molecule has 2 nitrogen and oxygen atoms in total. The van der Waals surface area contributed by atoms with Crippen LogP contribution >= 0.6 is 0 Å². The van der Waals surface area contributed by atoms with Crippen molar-refractivity contribution in [3.05, 3.63) is 29.8 Å². The zero-order valence-corrected chi connectivity index (χ0v) is 10.5. The molecule has 3 rings (SSSR count). The molecule has 0 aromatic heterocycles. The Hall–Kier alpha value is -1.02. The molecule has 1 aromatic carbocycles. The van der Waals surface area contributed by atoms with E-state index in [0.717, 1.165) is 23.5 Å². The van der Waals surface area contributed by atoms with Crippen molar-refractivity contribution in [1.29, 1.82) is 0 Å². The van der Waals surface area contributed by atoms with Gasteiger partial charge in [0.25, 0.3) is 0 Å². The normalized spacial score (nSPS) is 31.5. The van der Waals surface area contributed by atoms with Crippen molar-refractivity contribution in [2.45, 2.75) is 19.3 Å². The van der Waals surface area contributed by atoms with E-state index in [1.54, 1.807) is 7.11 Å². The monoisotopic (exact) mass is 231 g/mol. The van der Waals surface area contributed by atoms with Crippen LogP contribution in [0.3, 0.4) is 0 Å². The first-order valence-electron chi connectivity index (χ1n) is 6.70. The Balaban J connectivity index is 1.66. The van der Waals surface area contributed by atoms with Gasteiger partial charge in [0.2, 0.25) is 0 Å². The highest BCUT2D eigenvalue weighted by Crippen LogP contribution is 2.40. The third kappa shape index (κ3) is 2.19. The van der Waals surface area contributed by atoms with E-state index in [0.29, 0.717) is 0 Å². The van der Waals surface area contributed by atoms with E-state index in [1.807, 2.05) is 0 Å². The summed E-state index contributed by atoms with van der Waals surface area (Å²) in [5, 5.41) is 3.54. The van der Waals surface area contributed by atoms with Crippen LogP contribution < -0.4 is 10.1 Å². The van der Waals surface area contributed by atoms with Gasteiger partial charge in [-0.3, -0.25) is 0 Å². The predicted molar refractivity (Wildman–Crippen MR) is 69.3 cm³/mol. The molecule has 1 aliphatic carbocycles. The lowest BCUT2D eigenvalue weighted by molar-refractivity contribution is 0.374. The summed E-state index contributed by atoms with van der Waals surface area (Å²) in [7, 11) is 1.72. The molecule has 92 valence electrons. The molecule has 0 bridgehead atoms. The van der Waals surface area contributed by atoms with E-state index in [1.165, 1.54) is 37.9 Å². The van der Waals surface area contributed by atoms with Gasteiger partial charge in [-0.15, -0.1) is 0 Å². The number of nitrogens with one attached hydrogen (secondary N) is 1. The number of methoxy groups -OCH3 is 1. The fourth-order valence-corrected chi connectivity index (χ4v) is 3.58. The molecule has 1 saturated carbocycles. The number of fused-ring (bicyclic) bond motifs is 1. The SMILES string of the molecule is COc1ccc(C[C@H]2CC[C@@H]3CNC[C@@H]32)cc1. The summed E-state index contributed by atoms with van der Waals surface area (Å²) in [6, 6.07) is 8.59. The molecule has 2 fully saturated rings. The van der Waals surface area contributed by atoms with Gasteiger partial charge < -0.3 is 10.1 Å². The van der Waals surface area contributed by atoms with E-state index in [4.69, 9.17) is 4.74 Å². The summed E-state index contributed by atoms with van der Waals surface area (Å²) < 4.78 is 5.20. The molecule has 0 spiro atoms. The third-order valence-electron chi connectivity index (χ3n) is 4.56. The van der Waals surface area contributed by atoms with E-state index in [9.17, 15) is 0 Å². The van der Waals surface area contributed by atoms with Gasteiger partial charge in [0, 0.05) is 0 Å². The molecule has 1 N–H and O–H groups in total. The van der Waals surface area contributed by atoms with Gasteiger partial charge in [-0.05, 0) is 67.8 Å². The average molecular weight is 231 g/mol. The van der Waals surface area contributed by atoms with Gasteiger partial charge in [-0.25, -0.2) is 0 Å². The van der Waals surface area contributed by atoms with Gasteiger partial charge in [-0.2, -0.15) is 0 Å². The largest absolute Gasteiger partial charge is 0.497 e. The second kappa shape index (κ2) is 4.69. The summed E-state index contributed by atoms with van der Waals surface area (Å²) in [4.78, 5) is 0. The van der Waals surface area contributed by atoms with Crippen LogP contribution in [0.15, 0.2) is 24.3 Å². The minimum absolute atomic E-state index is 0.892. The van der Waals surface area contributed by atoms with Crippen LogP contribution in [0.2, 0.25) is 0 Å². The highest BCUT2D eigenvalue weighted by atomic mass is 16.5. The first-order valence-corrected chi connectivity index (χ1v) is 6.70. The van der Waals surface area contributed by atoms with Crippen molar-refractivity contribution in [3.63, 3.8) is 0 Å². The summed E-state index contributed by atoms with van der Waals surface area (Å²) in [5.41, 5.74) is 1.46. The fraction of sp³-hybridized carbons (Fsp3) is 0.600. The zero-order valence-electron chi connectivity index (χ0n) is 10.5. The number of hydrogen-bond acceptors (Lipinski definition) is 2. The maximum Gasteiger partial charge on any atom is 0.118 e. The van der Waals surface area contributed by atoms with Crippen molar-refractivity contribution < 1.29 is 4.74 Å². The van der Waals surface area contributed by atoms with Crippen LogP contribution in [0.25, 0.3) is 0 Å². The maximum atomic E-state index is 5.20. The minimum atomic E-state index is 0.892. The van der Waals surface area contributed by atoms with Crippen molar-refractivity contribution in [1.82, 2.24) is 5.32 Å². The smallest absolute Gasteiger partial charge is 0.118 e. The van der Waals surface area contributed by atoms with Crippen molar-refractivity contribution >= 4 is 0 Å². The summed E-state index contributed by atoms with van der Waals surface area (Å²) in [6.45, 7) is 2.50. The quantitative estimate of drug-likeness (QED) is 0.863. The Morgan fingerprint density at radius 2 is 2.00 bits per heavy atom. The molecular formula is C15H21NO. The molecule has 0 unspecified atom stereocenters. The second-order valence-electron chi connectivity index (χ2n) is 5.47. The molecule has 2 aliphatic rings. The van der Waals surface area contributed by atoms with Crippen LogP contribution in [-0.2, 0) is 6.42 Å². The summed E-state index contributed by atoms with van der Waals surface area (Å²) in [6.07, 6.45) is 4.09. The topological polar surface area (TPSA) is 21.3 Å². The van der Waals surface area contributed by atoms with Gasteiger partial charge in [0.15, 0.2) is 0 Å². The van der Waals surface area contributed by atoms with E-state index in [-0.39, 0.29) is 0 Å². The lowest BCUT2D eigenvalue weighted by atomic mass is 9.87. The molecule has 1 aliphatic heterocycles. The Morgan fingerprint density at radius 1 is 1.18 bits per heavy atom. The predicted octanol–water partition coefficient (Wildman–Crippen LogP) is 2.48. The number of benzene rings is 1. The summed E-state index contributed by atoms with van der Waals surface area (Å²) in [5.74, 6) is 3.74. The molecule has 2 heteroatoms. The van der Waals surface area contributed by atoms with Gasteiger partial charge in [0.1, 0.15) is 5.75 Å².